The SMILES string of the molecule is CC=Cc1ccccc1OCCCCC(C)=O. The van der Waals surface area contributed by atoms with E-state index >= 15 is 0 Å². The maximum Gasteiger partial charge on any atom is 0.129 e. The standard InChI is InChI=1S/C15H20O2/c1-3-8-14-10-4-5-11-15(14)17-12-7-6-9-13(2)16/h3-5,8,10-11H,6-7,9,12H2,1-2H3. The molecule has 0 heterocycles. The van der Waals surface area contributed by atoms with E-state index in [9.17, 15) is 4.79 Å². The molecule has 2 heteroatoms. The smallest absolute Gasteiger partial charge is 0.129 e. The van der Waals surface area contributed by atoms with Crippen molar-refractivity contribution in [2.75, 3.05) is 6.61 Å². The number of ether oxygens (including phenoxy) is 1. The third kappa shape index (κ3) is 5.34. The first kappa shape index (κ1) is 13.5. The first-order valence-corrected chi connectivity index (χ1v) is 6.08. The highest BCUT2D eigenvalue weighted by atomic mass is 16.5. The molecule has 0 atom stereocenters. The Morgan fingerprint density at radius 1 is 1.29 bits per heavy atom. The average Bonchev–Trinajstić information content (AvgIpc) is 2.31. The summed E-state index contributed by atoms with van der Waals surface area (Å²) in [6.45, 7) is 4.29. The number of carbonyl (C=O) groups is 1. The van der Waals surface area contributed by atoms with Crippen LogP contribution in [0.3, 0.4) is 0 Å². The van der Waals surface area contributed by atoms with E-state index in [1.807, 2.05) is 43.3 Å². The zero-order valence-corrected chi connectivity index (χ0v) is 10.6. The summed E-state index contributed by atoms with van der Waals surface area (Å²) in [5, 5.41) is 0. The predicted octanol–water partition coefficient (Wildman–Crippen LogP) is 3.86. The van der Waals surface area contributed by atoms with Gasteiger partial charge in [0.05, 0.1) is 6.61 Å². The molecule has 0 aliphatic rings. The largest absolute Gasteiger partial charge is 0.493 e. The van der Waals surface area contributed by atoms with Crippen LogP contribution >= 0.6 is 0 Å². The van der Waals surface area contributed by atoms with E-state index in [2.05, 4.69) is 0 Å². The Morgan fingerprint density at radius 3 is 2.76 bits per heavy atom. The van der Waals surface area contributed by atoms with Crippen LogP contribution < -0.4 is 4.74 Å². The minimum Gasteiger partial charge on any atom is -0.493 e. The molecule has 2 nitrogen and oxygen atoms in total. The Morgan fingerprint density at radius 2 is 2.06 bits per heavy atom. The van der Waals surface area contributed by atoms with Gasteiger partial charge in [0.1, 0.15) is 11.5 Å². The molecule has 1 aromatic carbocycles. The molecule has 0 saturated carbocycles. The lowest BCUT2D eigenvalue weighted by Gasteiger charge is -2.08. The van der Waals surface area contributed by atoms with Gasteiger partial charge in [0.25, 0.3) is 0 Å². The molecule has 0 bridgehead atoms. The number of allylic oxidation sites excluding steroid dienone is 1. The van der Waals surface area contributed by atoms with Gasteiger partial charge in [-0.1, -0.05) is 30.4 Å². The second kappa shape index (κ2) is 7.66. The number of carbonyl (C=O) groups excluding carboxylic acids is 1. The van der Waals surface area contributed by atoms with Crippen LogP contribution in [0.1, 0.15) is 38.7 Å². The van der Waals surface area contributed by atoms with Gasteiger partial charge in [-0.3, -0.25) is 0 Å². The van der Waals surface area contributed by atoms with Crippen molar-refractivity contribution in [1.29, 1.82) is 0 Å². The van der Waals surface area contributed by atoms with E-state index in [1.165, 1.54) is 0 Å². The molecule has 0 amide bonds. The number of benzene rings is 1. The quantitative estimate of drug-likeness (QED) is 0.667. The van der Waals surface area contributed by atoms with Gasteiger partial charge in [-0.2, -0.15) is 0 Å². The fraction of sp³-hybridized carbons (Fsp3) is 0.400. The summed E-state index contributed by atoms with van der Waals surface area (Å²) in [7, 11) is 0. The van der Waals surface area contributed by atoms with E-state index in [4.69, 9.17) is 4.74 Å². The van der Waals surface area contributed by atoms with Gasteiger partial charge < -0.3 is 9.53 Å². The van der Waals surface area contributed by atoms with Crippen molar-refractivity contribution in [3.8, 4) is 5.75 Å². The summed E-state index contributed by atoms with van der Waals surface area (Å²) in [5.41, 5.74) is 1.10. The number of hydrogen-bond donors (Lipinski definition) is 0. The highest BCUT2D eigenvalue weighted by Crippen LogP contribution is 2.19. The molecule has 0 N–H and O–H groups in total. The molecule has 92 valence electrons. The fourth-order valence-corrected chi connectivity index (χ4v) is 1.59. The number of para-hydroxylation sites is 1. The Hall–Kier alpha value is -1.57. The van der Waals surface area contributed by atoms with E-state index in [0.29, 0.717) is 13.0 Å². The van der Waals surface area contributed by atoms with Crippen molar-refractivity contribution in [1.82, 2.24) is 0 Å². The molecule has 0 radical (unpaired) electrons. The lowest BCUT2D eigenvalue weighted by atomic mass is 10.2. The molecule has 0 aliphatic heterocycles. The first-order valence-electron chi connectivity index (χ1n) is 6.08. The van der Waals surface area contributed by atoms with Crippen LogP contribution in [0, 0.1) is 0 Å². The van der Waals surface area contributed by atoms with Gasteiger partial charge in [-0.25, -0.2) is 0 Å². The monoisotopic (exact) mass is 232 g/mol. The van der Waals surface area contributed by atoms with Crippen LogP contribution in [0.2, 0.25) is 0 Å². The second-order valence-corrected chi connectivity index (χ2v) is 4.05. The van der Waals surface area contributed by atoms with E-state index in [0.717, 1.165) is 24.2 Å². The molecule has 0 aliphatic carbocycles. The minimum atomic E-state index is 0.249. The molecule has 0 aromatic heterocycles. The van der Waals surface area contributed by atoms with Crippen LogP contribution in [0.15, 0.2) is 30.3 Å². The lowest BCUT2D eigenvalue weighted by molar-refractivity contribution is -0.117. The lowest BCUT2D eigenvalue weighted by Crippen LogP contribution is -2.00. The average molecular weight is 232 g/mol. The summed E-state index contributed by atoms with van der Waals surface area (Å²) >= 11 is 0. The summed E-state index contributed by atoms with van der Waals surface area (Å²) in [6.07, 6.45) is 6.51. The third-order valence-electron chi connectivity index (χ3n) is 2.45. The number of ketones is 1. The Balaban J connectivity index is 2.38. The molecular formula is C15H20O2. The van der Waals surface area contributed by atoms with Crippen molar-refractivity contribution in [3.63, 3.8) is 0 Å². The summed E-state index contributed by atoms with van der Waals surface area (Å²) in [6, 6.07) is 7.97. The number of hydrogen-bond acceptors (Lipinski definition) is 2. The van der Waals surface area contributed by atoms with Crippen LogP contribution in [0.4, 0.5) is 0 Å². The molecule has 0 saturated heterocycles. The molecular weight excluding hydrogens is 212 g/mol. The summed E-state index contributed by atoms with van der Waals surface area (Å²) in [5.74, 6) is 1.16. The van der Waals surface area contributed by atoms with Crippen molar-refractivity contribution >= 4 is 11.9 Å². The third-order valence-corrected chi connectivity index (χ3v) is 2.45. The van der Waals surface area contributed by atoms with Gasteiger partial charge in [0.15, 0.2) is 0 Å². The number of Topliss-reactive ketones (excluding diaryl/α,β-unsaturated/α-hetero) is 1. The predicted molar refractivity (Wildman–Crippen MR) is 71.2 cm³/mol. The molecule has 0 unspecified atom stereocenters. The van der Waals surface area contributed by atoms with Gasteiger partial charge in [-0.15, -0.1) is 0 Å². The van der Waals surface area contributed by atoms with Crippen LogP contribution in [-0.2, 0) is 4.79 Å². The maximum atomic E-state index is 10.8. The Kier molecular flexibility index (Phi) is 6.08. The highest BCUT2D eigenvalue weighted by molar-refractivity contribution is 5.75. The van der Waals surface area contributed by atoms with Gasteiger partial charge >= 0.3 is 0 Å². The van der Waals surface area contributed by atoms with Crippen molar-refractivity contribution < 1.29 is 9.53 Å². The van der Waals surface area contributed by atoms with E-state index < -0.39 is 0 Å². The van der Waals surface area contributed by atoms with Gasteiger partial charge in [0.2, 0.25) is 0 Å². The fourth-order valence-electron chi connectivity index (χ4n) is 1.59. The molecule has 1 rings (SSSR count). The second-order valence-electron chi connectivity index (χ2n) is 4.05. The van der Waals surface area contributed by atoms with Crippen molar-refractivity contribution in [2.24, 2.45) is 0 Å². The summed E-state index contributed by atoms with van der Waals surface area (Å²) in [4.78, 5) is 10.8. The number of unbranched alkanes of at least 4 members (excludes halogenated alkanes) is 1. The van der Waals surface area contributed by atoms with Crippen molar-refractivity contribution in [3.05, 3.63) is 35.9 Å². The highest BCUT2D eigenvalue weighted by Gasteiger charge is 1.99. The molecule has 17 heavy (non-hydrogen) atoms. The zero-order chi connectivity index (χ0) is 12.5. The zero-order valence-electron chi connectivity index (χ0n) is 10.6. The minimum absolute atomic E-state index is 0.249. The van der Waals surface area contributed by atoms with Crippen LogP contribution in [0.5, 0.6) is 5.75 Å². The topological polar surface area (TPSA) is 26.3 Å². The van der Waals surface area contributed by atoms with Gasteiger partial charge in [0, 0.05) is 12.0 Å². The summed E-state index contributed by atoms with van der Waals surface area (Å²) < 4.78 is 5.71. The molecule has 0 fully saturated rings. The molecule has 1 aromatic rings. The maximum absolute atomic E-state index is 10.8. The van der Waals surface area contributed by atoms with E-state index in [1.54, 1.807) is 6.92 Å². The van der Waals surface area contributed by atoms with E-state index in [-0.39, 0.29) is 5.78 Å². The Labute approximate surface area is 103 Å². The molecule has 0 spiro atoms. The van der Waals surface area contributed by atoms with Gasteiger partial charge in [-0.05, 0) is 32.8 Å². The van der Waals surface area contributed by atoms with Crippen LogP contribution in [0.25, 0.3) is 6.08 Å². The van der Waals surface area contributed by atoms with Crippen LogP contribution in [-0.4, -0.2) is 12.4 Å². The first-order chi connectivity index (χ1) is 8.24. The number of rotatable bonds is 7. The van der Waals surface area contributed by atoms with Crippen molar-refractivity contribution in [2.45, 2.75) is 33.1 Å². The Bertz CT molecular complexity index is 380. The normalized spacial score (nSPS) is 10.7.